The third kappa shape index (κ3) is 4.15. The van der Waals surface area contributed by atoms with Crippen molar-refractivity contribution in [1.29, 1.82) is 0 Å². The third-order valence-corrected chi connectivity index (χ3v) is 5.15. The number of methoxy groups -OCH3 is 1. The Morgan fingerprint density at radius 3 is 2.67 bits per heavy atom. The number of hydrogen-bond donors (Lipinski definition) is 0. The molecule has 2 fully saturated rings. The molecule has 3 rings (SSSR count). The number of likely N-dealkylation sites (tertiary alicyclic amines) is 1. The maximum atomic E-state index is 12.6. The molecule has 2 aliphatic rings. The molecule has 1 aromatic rings. The Kier molecular flexibility index (Phi) is 6.24. The highest BCUT2D eigenvalue weighted by atomic mass is 16.5. The van der Waals surface area contributed by atoms with Crippen molar-refractivity contribution in [3.8, 4) is 0 Å². The molecule has 0 radical (unpaired) electrons. The molecule has 0 aliphatic carbocycles. The van der Waals surface area contributed by atoms with Gasteiger partial charge in [0.05, 0.1) is 32.3 Å². The SMILES string of the molecule is COCCC(=O)N1CC[C@H](N2CCOCC2)[C@H]1Cc1ccccc1. The van der Waals surface area contributed by atoms with Crippen LogP contribution < -0.4 is 0 Å². The number of hydrogen-bond acceptors (Lipinski definition) is 4. The van der Waals surface area contributed by atoms with E-state index in [-0.39, 0.29) is 11.9 Å². The van der Waals surface area contributed by atoms with Crippen LogP contribution in [0, 0.1) is 0 Å². The Morgan fingerprint density at radius 2 is 1.96 bits per heavy atom. The minimum atomic E-state index is 0.216. The summed E-state index contributed by atoms with van der Waals surface area (Å²) in [6, 6.07) is 11.2. The van der Waals surface area contributed by atoms with Gasteiger partial charge in [0.2, 0.25) is 5.91 Å². The van der Waals surface area contributed by atoms with E-state index in [1.807, 2.05) is 6.07 Å². The summed E-state index contributed by atoms with van der Waals surface area (Å²) in [7, 11) is 1.65. The molecule has 1 aromatic carbocycles. The highest BCUT2D eigenvalue weighted by Gasteiger charge is 2.40. The van der Waals surface area contributed by atoms with E-state index in [2.05, 4.69) is 34.1 Å². The quantitative estimate of drug-likeness (QED) is 0.793. The van der Waals surface area contributed by atoms with Gasteiger partial charge in [0.25, 0.3) is 0 Å². The topological polar surface area (TPSA) is 42.0 Å². The third-order valence-electron chi connectivity index (χ3n) is 5.15. The number of nitrogens with zero attached hydrogens (tertiary/aromatic N) is 2. The summed E-state index contributed by atoms with van der Waals surface area (Å²) in [5, 5.41) is 0. The normalized spacial score (nSPS) is 25.1. The molecule has 132 valence electrons. The van der Waals surface area contributed by atoms with E-state index >= 15 is 0 Å². The Bertz CT molecular complexity index is 517. The Hall–Kier alpha value is -1.43. The molecule has 5 nitrogen and oxygen atoms in total. The van der Waals surface area contributed by atoms with Crippen molar-refractivity contribution in [1.82, 2.24) is 9.80 Å². The predicted octanol–water partition coefficient (Wildman–Crippen LogP) is 1.57. The molecule has 2 saturated heterocycles. The van der Waals surface area contributed by atoms with Crippen LogP contribution >= 0.6 is 0 Å². The van der Waals surface area contributed by atoms with Crippen LogP contribution in [-0.4, -0.2) is 74.4 Å². The van der Waals surface area contributed by atoms with Crippen molar-refractivity contribution in [2.75, 3.05) is 46.6 Å². The van der Waals surface area contributed by atoms with Gasteiger partial charge in [-0.2, -0.15) is 0 Å². The van der Waals surface area contributed by atoms with Crippen molar-refractivity contribution in [2.24, 2.45) is 0 Å². The first-order valence-corrected chi connectivity index (χ1v) is 8.93. The van der Waals surface area contributed by atoms with Crippen LogP contribution in [0.5, 0.6) is 0 Å². The van der Waals surface area contributed by atoms with Crippen LogP contribution in [0.1, 0.15) is 18.4 Å². The van der Waals surface area contributed by atoms with E-state index in [4.69, 9.17) is 9.47 Å². The smallest absolute Gasteiger partial charge is 0.225 e. The summed E-state index contributed by atoms with van der Waals surface area (Å²) in [4.78, 5) is 17.2. The molecule has 0 aromatic heterocycles. The maximum absolute atomic E-state index is 12.6. The standard InChI is InChI=1S/C19H28N2O3/c1-23-12-8-19(22)21-9-7-17(20-10-13-24-14-11-20)18(21)15-16-5-3-2-4-6-16/h2-6,17-18H,7-15H2,1H3/t17-,18+/m0/s1. The Morgan fingerprint density at radius 1 is 1.21 bits per heavy atom. The lowest BCUT2D eigenvalue weighted by Crippen LogP contribution is -2.51. The van der Waals surface area contributed by atoms with Crippen LogP contribution in [0.4, 0.5) is 0 Å². The second-order valence-electron chi connectivity index (χ2n) is 6.59. The average Bonchev–Trinajstić information content (AvgIpc) is 3.05. The molecule has 0 bridgehead atoms. The molecule has 0 unspecified atom stereocenters. The van der Waals surface area contributed by atoms with Gasteiger partial charge in [0.15, 0.2) is 0 Å². The average molecular weight is 332 g/mol. The number of carbonyl (C=O) groups is 1. The summed E-state index contributed by atoms with van der Waals surface area (Å²) in [6.45, 7) is 4.88. The largest absolute Gasteiger partial charge is 0.384 e. The number of amides is 1. The lowest BCUT2D eigenvalue weighted by Gasteiger charge is -2.37. The number of rotatable bonds is 6. The molecule has 0 N–H and O–H groups in total. The number of ether oxygens (including phenoxy) is 2. The lowest BCUT2D eigenvalue weighted by atomic mass is 9.98. The zero-order valence-electron chi connectivity index (χ0n) is 14.5. The first-order valence-electron chi connectivity index (χ1n) is 8.93. The van der Waals surface area contributed by atoms with E-state index in [0.717, 1.165) is 45.7 Å². The van der Waals surface area contributed by atoms with Crippen LogP contribution in [0.25, 0.3) is 0 Å². The van der Waals surface area contributed by atoms with Gasteiger partial charge in [-0.1, -0.05) is 30.3 Å². The van der Waals surface area contributed by atoms with E-state index in [9.17, 15) is 4.79 Å². The van der Waals surface area contributed by atoms with Crippen LogP contribution in [0.15, 0.2) is 30.3 Å². The summed E-state index contributed by atoms with van der Waals surface area (Å²) < 4.78 is 10.6. The summed E-state index contributed by atoms with van der Waals surface area (Å²) in [5.74, 6) is 0.216. The fourth-order valence-corrected chi connectivity index (χ4v) is 3.92. The molecular formula is C19H28N2O3. The Labute approximate surface area is 144 Å². The van der Waals surface area contributed by atoms with Gasteiger partial charge in [-0.25, -0.2) is 0 Å². The highest BCUT2D eigenvalue weighted by molar-refractivity contribution is 5.77. The minimum Gasteiger partial charge on any atom is -0.384 e. The zero-order valence-corrected chi connectivity index (χ0v) is 14.5. The molecular weight excluding hydrogens is 304 g/mol. The van der Waals surface area contributed by atoms with Crippen molar-refractivity contribution in [2.45, 2.75) is 31.3 Å². The molecule has 2 heterocycles. The molecule has 0 saturated carbocycles. The van der Waals surface area contributed by atoms with Gasteiger partial charge in [0.1, 0.15) is 0 Å². The van der Waals surface area contributed by atoms with Gasteiger partial charge in [-0.15, -0.1) is 0 Å². The van der Waals surface area contributed by atoms with Gasteiger partial charge < -0.3 is 14.4 Å². The Balaban J connectivity index is 1.74. The number of benzene rings is 1. The number of carbonyl (C=O) groups excluding carboxylic acids is 1. The van der Waals surface area contributed by atoms with Crippen LogP contribution in [-0.2, 0) is 20.7 Å². The van der Waals surface area contributed by atoms with E-state index < -0.39 is 0 Å². The van der Waals surface area contributed by atoms with Gasteiger partial charge in [-0.3, -0.25) is 9.69 Å². The second-order valence-corrected chi connectivity index (χ2v) is 6.59. The molecule has 2 aliphatic heterocycles. The van der Waals surface area contributed by atoms with Crippen molar-refractivity contribution in [3.63, 3.8) is 0 Å². The summed E-state index contributed by atoms with van der Waals surface area (Å²) in [6.07, 6.45) is 2.44. The van der Waals surface area contributed by atoms with E-state index in [1.165, 1.54) is 5.56 Å². The van der Waals surface area contributed by atoms with Gasteiger partial charge in [-0.05, 0) is 18.4 Å². The molecule has 2 atom stereocenters. The highest BCUT2D eigenvalue weighted by Crippen LogP contribution is 2.27. The fraction of sp³-hybridized carbons (Fsp3) is 0.632. The van der Waals surface area contributed by atoms with Crippen molar-refractivity contribution in [3.05, 3.63) is 35.9 Å². The van der Waals surface area contributed by atoms with E-state index in [1.54, 1.807) is 7.11 Å². The van der Waals surface area contributed by atoms with Crippen molar-refractivity contribution >= 4 is 5.91 Å². The lowest BCUT2D eigenvalue weighted by molar-refractivity contribution is -0.133. The second kappa shape index (κ2) is 8.60. The number of morpholine rings is 1. The minimum absolute atomic E-state index is 0.216. The zero-order chi connectivity index (χ0) is 16.8. The first-order chi connectivity index (χ1) is 11.8. The van der Waals surface area contributed by atoms with Crippen molar-refractivity contribution < 1.29 is 14.3 Å². The summed E-state index contributed by atoms with van der Waals surface area (Å²) >= 11 is 0. The molecule has 0 spiro atoms. The summed E-state index contributed by atoms with van der Waals surface area (Å²) in [5.41, 5.74) is 1.30. The first kappa shape index (κ1) is 17.4. The molecule has 24 heavy (non-hydrogen) atoms. The fourth-order valence-electron chi connectivity index (χ4n) is 3.92. The maximum Gasteiger partial charge on any atom is 0.225 e. The van der Waals surface area contributed by atoms with Gasteiger partial charge in [0, 0.05) is 32.8 Å². The van der Waals surface area contributed by atoms with Crippen LogP contribution in [0.2, 0.25) is 0 Å². The van der Waals surface area contributed by atoms with Crippen LogP contribution in [0.3, 0.4) is 0 Å². The van der Waals surface area contributed by atoms with Gasteiger partial charge >= 0.3 is 0 Å². The monoisotopic (exact) mass is 332 g/mol. The molecule has 5 heteroatoms. The molecule has 1 amide bonds. The van der Waals surface area contributed by atoms with E-state index in [0.29, 0.717) is 19.1 Å². The predicted molar refractivity (Wildman–Crippen MR) is 92.9 cm³/mol.